The van der Waals surface area contributed by atoms with Gasteiger partial charge in [-0.05, 0) is 60.2 Å². The second-order valence-electron chi connectivity index (χ2n) is 6.00. The zero-order chi connectivity index (χ0) is 18.1. The van der Waals surface area contributed by atoms with E-state index in [9.17, 15) is 5.11 Å². The molecule has 0 radical (unpaired) electrons. The first-order valence-electron chi connectivity index (χ1n) is 8.33. The van der Waals surface area contributed by atoms with E-state index in [-0.39, 0.29) is 5.75 Å². The van der Waals surface area contributed by atoms with Crippen LogP contribution >= 0.6 is 0 Å². The highest BCUT2D eigenvalue weighted by molar-refractivity contribution is 5.93. The van der Waals surface area contributed by atoms with Gasteiger partial charge in [-0.3, -0.25) is 0 Å². The number of phenols is 1. The monoisotopic (exact) mass is 345 g/mol. The smallest absolute Gasteiger partial charge is 0.124 e. The van der Waals surface area contributed by atoms with Gasteiger partial charge in [-0.2, -0.15) is 0 Å². The van der Waals surface area contributed by atoms with Crippen molar-refractivity contribution in [1.82, 2.24) is 4.57 Å². The SMILES string of the molecule is COc1ccc(-c2cc3c(O)cccc3n2-c2cccc(OC)c2)cc1. The first kappa shape index (κ1) is 16.1. The summed E-state index contributed by atoms with van der Waals surface area (Å²) in [6, 6.07) is 23.3. The van der Waals surface area contributed by atoms with Crippen LogP contribution in [0.2, 0.25) is 0 Å². The molecular formula is C22H19NO3. The van der Waals surface area contributed by atoms with Crippen molar-refractivity contribution in [3.05, 3.63) is 72.8 Å². The molecule has 4 heteroatoms. The Kier molecular flexibility index (Phi) is 4.01. The molecule has 0 aliphatic rings. The number of phenolic OH excluding ortho intramolecular Hbond substituents is 1. The van der Waals surface area contributed by atoms with E-state index < -0.39 is 0 Å². The third-order valence-corrected chi connectivity index (χ3v) is 4.52. The van der Waals surface area contributed by atoms with Gasteiger partial charge in [0.15, 0.2) is 0 Å². The number of fused-ring (bicyclic) bond motifs is 1. The summed E-state index contributed by atoms with van der Waals surface area (Å²) in [6.45, 7) is 0. The molecule has 0 amide bonds. The molecule has 0 saturated heterocycles. The summed E-state index contributed by atoms with van der Waals surface area (Å²) in [5.74, 6) is 1.85. The van der Waals surface area contributed by atoms with Gasteiger partial charge in [0, 0.05) is 17.1 Å². The molecule has 0 aliphatic carbocycles. The van der Waals surface area contributed by atoms with Crippen molar-refractivity contribution in [3.8, 4) is 34.2 Å². The van der Waals surface area contributed by atoms with E-state index in [1.165, 1.54) is 0 Å². The Labute approximate surface area is 151 Å². The molecule has 4 nitrogen and oxygen atoms in total. The van der Waals surface area contributed by atoms with Gasteiger partial charge in [0.1, 0.15) is 17.2 Å². The molecule has 1 aromatic heterocycles. The lowest BCUT2D eigenvalue weighted by molar-refractivity contribution is 0.414. The maximum Gasteiger partial charge on any atom is 0.124 e. The van der Waals surface area contributed by atoms with Crippen LogP contribution in [0.1, 0.15) is 0 Å². The fraction of sp³-hybridized carbons (Fsp3) is 0.0909. The van der Waals surface area contributed by atoms with Crippen LogP contribution in [0.15, 0.2) is 72.8 Å². The number of methoxy groups -OCH3 is 2. The van der Waals surface area contributed by atoms with Crippen LogP contribution in [0.5, 0.6) is 17.2 Å². The standard InChI is InChI=1S/C22H19NO3/c1-25-17-11-9-15(10-12-17)21-14-19-20(7-4-8-22(19)24)23(21)16-5-3-6-18(13-16)26-2/h3-14,24H,1-2H3. The minimum Gasteiger partial charge on any atom is -0.507 e. The third kappa shape index (κ3) is 2.65. The number of benzene rings is 3. The van der Waals surface area contributed by atoms with Gasteiger partial charge in [-0.1, -0.05) is 12.1 Å². The molecule has 0 bridgehead atoms. The van der Waals surface area contributed by atoms with Crippen molar-refractivity contribution in [1.29, 1.82) is 0 Å². The van der Waals surface area contributed by atoms with Crippen molar-refractivity contribution in [2.75, 3.05) is 14.2 Å². The predicted molar refractivity (Wildman–Crippen MR) is 103 cm³/mol. The van der Waals surface area contributed by atoms with Gasteiger partial charge in [-0.25, -0.2) is 0 Å². The molecular weight excluding hydrogens is 326 g/mol. The van der Waals surface area contributed by atoms with E-state index in [1.54, 1.807) is 20.3 Å². The van der Waals surface area contributed by atoms with Gasteiger partial charge in [0.05, 0.1) is 25.4 Å². The number of aromatic hydroxyl groups is 1. The molecule has 4 rings (SSSR count). The Morgan fingerprint density at radius 3 is 2.23 bits per heavy atom. The van der Waals surface area contributed by atoms with E-state index in [4.69, 9.17) is 9.47 Å². The van der Waals surface area contributed by atoms with Crippen LogP contribution in [0.3, 0.4) is 0 Å². The molecule has 0 aliphatic heterocycles. The highest BCUT2D eigenvalue weighted by Gasteiger charge is 2.15. The Balaban J connectivity index is 2.00. The normalized spacial score (nSPS) is 10.8. The fourth-order valence-corrected chi connectivity index (χ4v) is 3.22. The van der Waals surface area contributed by atoms with Crippen LogP contribution in [0.4, 0.5) is 0 Å². The second-order valence-corrected chi connectivity index (χ2v) is 6.00. The van der Waals surface area contributed by atoms with Crippen LogP contribution in [0, 0.1) is 0 Å². The molecule has 0 atom stereocenters. The molecule has 4 aromatic rings. The highest BCUT2D eigenvalue weighted by Crippen LogP contribution is 2.36. The lowest BCUT2D eigenvalue weighted by atomic mass is 10.1. The van der Waals surface area contributed by atoms with Gasteiger partial charge < -0.3 is 19.1 Å². The molecule has 0 fully saturated rings. The fourth-order valence-electron chi connectivity index (χ4n) is 3.22. The Hall–Kier alpha value is -3.40. The maximum absolute atomic E-state index is 10.3. The lowest BCUT2D eigenvalue weighted by Gasteiger charge is -2.13. The van der Waals surface area contributed by atoms with Crippen LogP contribution in [0.25, 0.3) is 27.8 Å². The van der Waals surface area contributed by atoms with Crippen LogP contribution in [-0.4, -0.2) is 23.9 Å². The predicted octanol–water partition coefficient (Wildman–Crippen LogP) is 5.02. The molecule has 1 N–H and O–H groups in total. The topological polar surface area (TPSA) is 43.6 Å². The van der Waals surface area contributed by atoms with Crippen LogP contribution in [-0.2, 0) is 0 Å². The Bertz CT molecular complexity index is 1060. The summed E-state index contributed by atoms with van der Waals surface area (Å²) in [4.78, 5) is 0. The summed E-state index contributed by atoms with van der Waals surface area (Å²) in [6.07, 6.45) is 0. The Morgan fingerprint density at radius 2 is 1.50 bits per heavy atom. The minimum atomic E-state index is 0.263. The maximum atomic E-state index is 10.3. The lowest BCUT2D eigenvalue weighted by Crippen LogP contribution is -1.97. The summed E-state index contributed by atoms with van der Waals surface area (Å²) in [5.41, 5.74) is 3.92. The van der Waals surface area contributed by atoms with E-state index >= 15 is 0 Å². The van der Waals surface area contributed by atoms with Crippen molar-refractivity contribution in [3.63, 3.8) is 0 Å². The van der Waals surface area contributed by atoms with Gasteiger partial charge >= 0.3 is 0 Å². The molecule has 0 saturated carbocycles. The van der Waals surface area contributed by atoms with Crippen molar-refractivity contribution in [2.45, 2.75) is 0 Å². The zero-order valence-corrected chi connectivity index (χ0v) is 14.6. The Morgan fingerprint density at radius 1 is 0.769 bits per heavy atom. The van der Waals surface area contributed by atoms with E-state index in [0.717, 1.165) is 39.3 Å². The van der Waals surface area contributed by atoms with Gasteiger partial charge in [-0.15, -0.1) is 0 Å². The van der Waals surface area contributed by atoms with Gasteiger partial charge in [0.2, 0.25) is 0 Å². The third-order valence-electron chi connectivity index (χ3n) is 4.52. The average Bonchev–Trinajstić information content (AvgIpc) is 3.09. The number of aromatic nitrogens is 1. The largest absolute Gasteiger partial charge is 0.507 e. The van der Waals surface area contributed by atoms with Crippen molar-refractivity contribution >= 4 is 10.9 Å². The summed E-state index contributed by atoms with van der Waals surface area (Å²) in [7, 11) is 3.31. The summed E-state index contributed by atoms with van der Waals surface area (Å²) in [5, 5.41) is 11.1. The number of nitrogens with zero attached hydrogens (tertiary/aromatic N) is 1. The first-order chi connectivity index (χ1) is 12.7. The molecule has 0 unspecified atom stereocenters. The van der Waals surface area contributed by atoms with Crippen molar-refractivity contribution in [2.24, 2.45) is 0 Å². The summed E-state index contributed by atoms with van der Waals surface area (Å²) >= 11 is 0. The molecule has 26 heavy (non-hydrogen) atoms. The highest BCUT2D eigenvalue weighted by atomic mass is 16.5. The molecule has 130 valence electrons. The van der Waals surface area contributed by atoms with Crippen LogP contribution < -0.4 is 9.47 Å². The number of ether oxygens (including phenoxy) is 2. The number of hydrogen-bond donors (Lipinski definition) is 1. The molecule has 0 spiro atoms. The molecule has 3 aromatic carbocycles. The van der Waals surface area contributed by atoms with E-state index in [1.807, 2.05) is 66.7 Å². The number of rotatable bonds is 4. The van der Waals surface area contributed by atoms with E-state index in [0.29, 0.717) is 0 Å². The quantitative estimate of drug-likeness (QED) is 0.565. The minimum absolute atomic E-state index is 0.263. The van der Waals surface area contributed by atoms with E-state index in [2.05, 4.69) is 4.57 Å². The van der Waals surface area contributed by atoms with Gasteiger partial charge in [0.25, 0.3) is 0 Å². The van der Waals surface area contributed by atoms with Crippen molar-refractivity contribution < 1.29 is 14.6 Å². The summed E-state index contributed by atoms with van der Waals surface area (Å²) < 4.78 is 12.8. The first-order valence-corrected chi connectivity index (χ1v) is 8.33. The molecule has 1 heterocycles. The average molecular weight is 345 g/mol. The second kappa shape index (κ2) is 6.48. The number of hydrogen-bond acceptors (Lipinski definition) is 3. The zero-order valence-electron chi connectivity index (χ0n) is 14.6.